The summed E-state index contributed by atoms with van der Waals surface area (Å²) in [5.74, 6) is -1.89. The summed E-state index contributed by atoms with van der Waals surface area (Å²) < 4.78 is 9.37. The second-order valence-corrected chi connectivity index (χ2v) is 3.20. The zero-order valence-electron chi connectivity index (χ0n) is 10.4. The molecule has 0 aliphatic rings. The monoisotopic (exact) mass is 242 g/mol. The minimum absolute atomic E-state index is 0.151. The topological polar surface area (TPSA) is 69.7 Å². The maximum absolute atomic E-state index is 11.6. The Bertz CT molecular complexity index is 297. The van der Waals surface area contributed by atoms with E-state index in [2.05, 4.69) is 4.74 Å². The molecule has 17 heavy (non-hydrogen) atoms. The van der Waals surface area contributed by atoms with E-state index in [9.17, 15) is 14.4 Å². The molecular formula is C12H18O5. The first-order valence-electron chi connectivity index (χ1n) is 5.65. The summed E-state index contributed by atoms with van der Waals surface area (Å²) >= 11 is 0. The molecule has 5 nitrogen and oxygen atoms in total. The third-order valence-corrected chi connectivity index (χ3v) is 1.82. The van der Waals surface area contributed by atoms with E-state index in [0.29, 0.717) is 6.42 Å². The Kier molecular flexibility index (Phi) is 7.67. The highest BCUT2D eigenvalue weighted by molar-refractivity contribution is 6.19. The molecule has 0 radical (unpaired) electrons. The largest absolute Gasteiger partial charge is 0.463 e. The molecule has 0 aliphatic carbocycles. The number of hydrogen-bond acceptors (Lipinski definition) is 5. The van der Waals surface area contributed by atoms with Gasteiger partial charge >= 0.3 is 11.9 Å². The van der Waals surface area contributed by atoms with Crippen molar-refractivity contribution in [2.45, 2.75) is 33.6 Å². The van der Waals surface area contributed by atoms with Crippen molar-refractivity contribution in [3.05, 3.63) is 11.6 Å². The van der Waals surface area contributed by atoms with Crippen LogP contribution in [0.15, 0.2) is 11.6 Å². The lowest BCUT2D eigenvalue weighted by Crippen LogP contribution is -2.18. The predicted octanol–water partition coefficient (Wildman–Crippen LogP) is 1.41. The van der Waals surface area contributed by atoms with Gasteiger partial charge in [0.1, 0.15) is 5.57 Å². The van der Waals surface area contributed by atoms with Crippen molar-refractivity contribution in [3.63, 3.8) is 0 Å². The second-order valence-electron chi connectivity index (χ2n) is 3.20. The molecule has 0 saturated heterocycles. The first-order valence-corrected chi connectivity index (χ1v) is 5.65. The zero-order chi connectivity index (χ0) is 13.3. The highest BCUT2D eigenvalue weighted by atomic mass is 16.5. The van der Waals surface area contributed by atoms with Crippen molar-refractivity contribution in [3.8, 4) is 0 Å². The molecule has 0 aromatic rings. The van der Waals surface area contributed by atoms with E-state index in [1.54, 1.807) is 13.8 Å². The molecule has 96 valence electrons. The van der Waals surface area contributed by atoms with Crippen LogP contribution >= 0.6 is 0 Å². The fourth-order valence-corrected chi connectivity index (χ4v) is 1.13. The summed E-state index contributed by atoms with van der Waals surface area (Å²) in [6.07, 6.45) is 1.70. The highest BCUT2D eigenvalue weighted by Gasteiger charge is 2.20. The van der Waals surface area contributed by atoms with Crippen LogP contribution < -0.4 is 0 Å². The number of ketones is 1. The second kappa shape index (κ2) is 8.50. The lowest BCUT2D eigenvalue weighted by atomic mass is 10.1. The molecule has 0 atom stereocenters. The SMILES string of the molecule is CCCC(=O)C(=CC(=O)OCC)C(=O)OCC. The summed E-state index contributed by atoms with van der Waals surface area (Å²) in [7, 11) is 0. The Morgan fingerprint density at radius 3 is 2.06 bits per heavy atom. The Hall–Kier alpha value is -1.65. The number of Topliss-reactive ketones (excluding diaryl/α,β-unsaturated/α-hetero) is 1. The highest BCUT2D eigenvalue weighted by Crippen LogP contribution is 2.06. The van der Waals surface area contributed by atoms with E-state index in [4.69, 9.17) is 4.74 Å². The van der Waals surface area contributed by atoms with Gasteiger partial charge in [0.2, 0.25) is 0 Å². The van der Waals surface area contributed by atoms with E-state index >= 15 is 0 Å². The minimum atomic E-state index is -0.779. The molecule has 0 spiro atoms. The standard InChI is InChI=1S/C12H18O5/c1-4-7-10(13)9(12(15)17-6-3)8-11(14)16-5-2/h8H,4-7H2,1-3H3. The van der Waals surface area contributed by atoms with Crippen LogP contribution in [0.1, 0.15) is 33.6 Å². The van der Waals surface area contributed by atoms with E-state index in [0.717, 1.165) is 6.08 Å². The lowest BCUT2D eigenvalue weighted by molar-refractivity contribution is -0.142. The number of rotatable bonds is 7. The summed E-state index contributed by atoms with van der Waals surface area (Å²) in [6.45, 7) is 5.42. The third kappa shape index (κ3) is 5.85. The van der Waals surface area contributed by atoms with Gasteiger partial charge < -0.3 is 9.47 Å². The van der Waals surface area contributed by atoms with Gasteiger partial charge in [0.05, 0.1) is 13.2 Å². The van der Waals surface area contributed by atoms with Crippen LogP contribution in [0, 0.1) is 0 Å². The van der Waals surface area contributed by atoms with Crippen molar-refractivity contribution in [1.29, 1.82) is 0 Å². The minimum Gasteiger partial charge on any atom is -0.463 e. The van der Waals surface area contributed by atoms with Crippen LogP contribution in [-0.2, 0) is 23.9 Å². The lowest BCUT2D eigenvalue weighted by Gasteiger charge is -2.05. The molecule has 0 fully saturated rings. The first-order chi connectivity index (χ1) is 8.06. The molecule has 0 bridgehead atoms. The van der Waals surface area contributed by atoms with Gasteiger partial charge in [0.15, 0.2) is 5.78 Å². The molecule has 0 unspecified atom stereocenters. The van der Waals surface area contributed by atoms with Crippen LogP contribution in [0.5, 0.6) is 0 Å². The normalized spacial score (nSPS) is 10.9. The number of hydrogen-bond donors (Lipinski definition) is 0. The Labute approximate surface area is 101 Å². The molecule has 5 heteroatoms. The molecule has 0 aliphatic heterocycles. The maximum Gasteiger partial charge on any atom is 0.342 e. The van der Waals surface area contributed by atoms with E-state index in [-0.39, 0.29) is 25.2 Å². The average Bonchev–Trinajstić information content (AvgIpc) is 2.26. The van der Waals surface area contributed by atoms with Gasteiger partial charge in [0, 0.05) is 12.5 Å². The van der Waals surface area contributed by atoms with Crippen molar-refractivity contribution in [2.24, 2.45) is 0 Å². The smallest absolute Gasteiger partial charge is 0.342 e. The Morgan fingerprint density at radius 2 is 1.59 bits per heavy atom. The number of ether oxygens (including phenoxy) is 2. The average molecular weight is 242 g/mol. The third-order valence-electron chi connectivity index (χ3n) is 1.82. The summed E-state index contributed by atoms with van der Waals surface area (Å²) in [4.78, 5) is 34.3. The van der Waals surface area contributed by atoms with Crippen LogP contribution in [0.25, 0.3) is 0 Å². The van der Waals surface area contributed by atoms with Crippen molar-refractivity contribution >= 4 is 17.7 Å². The molecule has 0 aromatic heterocycles. The van der Waals surface area contributed by atoms with Gasteiger partial charge in [-0.2, -0.15) is 0 Å². The van der Waals surface area contributed by atoms with Gasteiger partial charge in [-0.1, -0.05) is 6.92 Å². The molecule has 0 rings (SSSR count). The Morgan fingerprint density at radius 1 is 1.00 bits per heavy atom. The summed E-state index contributed by atoms with van der Waals surface area (Å²) in [6, 6.07) is 0. The molecule has 0 saturated carbocycles. The predicted molar refractivity (Wildman–Crippen MR) is 61.3 cm³/mol. The number of esters is 2. The quantitative estimate of drug-likeness (QED) is 0.292. The van der Waals surface area contributed by atoms with E-state index in [1.165, 1.54) is 0 Å². The fourth-order valence-electron chi connectivity index (χ4n) is 1.13. The Balaban J connectivity index is 4.89. The molecule has 0 amide bonds. The first kappa shape index (κ1) is 15.3. The molecule has 0 heterocycles. The summed E-state index contributed by atoms with van der Waals surface area (Å²) in [5.41, 5.74) is -0.243. The number of carbonyl (C=O) groups excluding carboxylic acids is 3. The maximum atomic E-state index is 11.6. The van der Waals surface area contributed by atoms with Gasteiger partial charge in [-0.3, -0.25) is 4.79 Å². The van der Waals surface area contributed by atoms with Crippen molar-refractivity contribution < 1.29 is 23.9 Å². The van der Waals surface area contributed by atoms with Gasteiger partial charge in [-0.15, -0.1) is 0 Å². The van der Waals surface area contributed by atoms with Crippen LogP contribution in [-0.4, -0.2) is 30.9 Å². The number of carbonyl (C=O) groups is 3. The van der Waals surface area contributed by atoms with E-state index in [1.807, 2.05) is 6.92 Å². The van der Waals surface area contributed by atoms with Crippen LogP contribution in [0.3, 0.4) is 0 Å². The van der Waals surface area contributed by atoms with Crippen LogP contribution in [0.4, 0.5) is 0 Å². The van der Waals surface area contributed by atoms with Gasteiger partial charge in [-0.25, -0.2) is 9.59 Å². The van der Waals surface area contributed by atoms with Gasteiger partial charge in [-0.05, 0) is 20.3 Å². The van der Waals surface area contributed by atoms with Gasteiger partial charge in [0.25, 0.3) is 0 Å². The van der Waals surface area contributed by atoms with E-state index < -0.39 is 17.7 Å². The fraction of sp³-hybridized carbons (Fsp3) is 0.583. The molecule has 0 aromatic carbocycles. The molecule has 0 N–H and O–H groups in total. The van der Waals surface area contributed by atoms with Crippen molar-refractivity contribution in [1.82, 2.24) is 0 Å². The molecular weight excluding hydrogens is 224 g/mol. The zero-order valence-corrected chi connectivity index (χ0v) is 10.4. The van der Waals surface area contributed by atoms with Crippen molar-refractivity contribution in [2.75, 3.05) is 13.2 Å². The summed E-state index contributed by atoms with van der Waals surface area (Å²) in [5, 5.41) is 0. The van der Waals surface area contributed by atoms with Crippen LogP contribution in [0.2, 0.25) is 0 Å².